The second kappa shape index (κ2) is 11.0. The van der Waals surface area contributed by atoms with Crippen LogP contribution >= 0.6 is 23.4 Å². The van der Waals surface area contributed by atoms with Gasteiger partial charge in [0.15, 0.2) is 0 Å². The monoisotopic (exact) mass is 500 g/mol. The van der Waals surface area contributed by atoms with Gasteiger partial charge in [0.1, 0.15) is 6.61 Å². The lowest BCUT2D eigenvalue weighted by molar-refractivity contribution is 0.100. The Hall–Kier alpha value is -2.92. The van der Waals surface area contributed by atoms with Crippen molar-refractivity contribution in [3.05, 3.63) is 64.6 Å². The Labute approximate surface area is 206 Å². The molecule has 11 heteroatoms. The number of benzene rings is 1. The topological polar surface area (TPSA) is 118 Å². The summed E-state index contributed by atoms with van der Waals surface area (Å²) < 4.78 is 6.08. The van der Waals surface area contributed by atoms with E-state index >= 15 is 0 Å². The number of rotatable bonds is 8. The van der Waals surface area contributed by atoms with Crippen LogP contribution in [0.5, 0.6) is 5.88 Å². The number of carbonyl (C=O) groups excluding carboxylic acids is 1. The highest BCUT2D eigenvalue weighted by molar-refractivity contribution is 7.99. The Bertz CT molecular complexity index is 1170. The summed E-state index contributed by atoms with van der Waals surface area (Å²) in [6.07, 6.45) is 3.37. The summed E-state index contributed by atoms with van der Waals surface area (Å²) >= 11 is 7.60. The number of hydrogen-bond donors (Lipinski definition) is 2. The highest BCUT2D eigenvalue weighted by Gasteiger charge is 2.20. The molecule has 0 radical (unpaired) electrons. The number of nitrogens with two attached hydrogens (primary N) is 1. The second-order valence-electron chi connectivity index (χ2n) is 7.84. The van der Waals surface area contributed by atoms with Gasteiger partial charge in [-0.15, -0.1) is 0 Å². The Morgan fingerprint density at radius 3 is 2.71 bits per heavy atom. The van der Waals surface area contributed by atoms with Gasteiger partial charge in [0.2, 0.25) is 17.7 Å². The Balaban J connectivity index is 1.60. The van der Waals surface area contributed by atoms with Crippen molar-refractivity contribution in [2.75, 3.05) is 38.1 Å². The number of halogens is 1. The van der Waals surface area contributed by atoms with E-state index in [4.69, 9.17) is 27.1 Å². The fourth-order valence-corrected chi connectivity index (χ4v) is 4.61. The molecule has 0 atom stereocenters. The quantitative estimate of drug-likeness (QED) is 0.481. The highest BCUT2D eigenvalue weighted by Crippen LogP contribution is 2.36. The normalized spacial score (nSPS) is 14.3. The maximum absolute atomic E-state index is 11.5. The average molecular weight is 501 g/mol. The van der Waals surface area contributed by atoms with Gasteiger partial charge in [-0.2, -0.15) is 4.98 Å². The molecule has 1 amide bonds. The maximum Gasteiger partial charge on any atom is 0.250 e. The second-order valence-corrected chi connectivity index (χ2v) is 9.36. The van der Waals surface area contributed by atoms with Crippen LogP contribution in [-0.4, -0.2) is 64.1 Å². The van der Waals surface area contributed by atoms with Crippen molar-refractivity contribution >= 4 is 35.2 Å². The van der Waals surface area contributed by atoms with Gasteiger partial charge in [-0.05, 0) is 42.9 Å². The number of amides is 1. The van der Waals surface area contributed by atoms with Crippen molar-refractivity contribution in [2.45, 2.75) is 23.0 Å². The van der Waals surface area contributed by atoms with Crippen molar-refractivity contribution in [1.82, 2.24) is 19.9 Å². The largest absolute Gasteiger partial charge is 0.470 e. The van der Waals surface area contributed by atoms with Crippen LogP contribution in [0.2, 0.25) is 5.02 Å². The number of nitrogens with zero attached hydrogens (tertiary/aromatic N) is 5. The number of primary amides is 1. The molecule has 1 saturated heterocycles. The van der Waals surface area contributed by atoms with E-state index in [-0.39, 0.29) is 23.8 Å². The SMILES string of the molecule is CN1CCN(c2ncc(Sc3ccc(C(N)=O)c(Cl)c3)c(OCc3cc(CO)ccn3)n2)CC1. The summed E-state index contributed by atoms with van der Waals surface area (Å²) in [5.74, 6) is 0.440. The molecule has 0 saturated carbocycles. The van der Waals surface area contributed by atoms with E-state index in [9.17, 15) is 9.90 Å². The lowest BCUT2D eigenvalue weighted by Crippen LogP contribution is -2.45. The van der Waals surface area contributed by atoms with Gasteiger partial charge in [-0.1, -0.05) is 23.4 Å². The third-order valence-corrected chi connectivity index (χ3v) is 6.65. The summed E-state index contributed by atoms with van der Waals surface area (Å²) in [4.78, 5) is 31.0. The minimum absolute atomic E-state index is 0.0697. The minimum Gasteiger partial charge on any atom is -0.470 e. The highest BCUT2D eigenvalue weighted by atomic mass is 35.5. The molecule has 2 aromatic heterocycles. The number of aliphatic hydroxyl groups excluding tert-OH is 1. The van der Waals surface area contributed by atoms with Gasteiger partial charge >= 0.3 is 0 Å². The van der Waals surface area contributed by atoms with Crippen LogP contribution in [0.3, 0.4) is 0 Å². The van der Waals surface area contributed by atoms with Crippen LogP contribution in [-0.2, 0) is 13.2 Å². The van der Waals surface area contributed by atoms with E-state index in [0.29, 0.717) is 22.4 Å². The fraction of sp³-hybridized carbons (Fsp3) is 0.304. The third-order valence-electron chi connectivity index (χ3n) is 5.35. The molecule has 1 fully saturated rings. The van der Waals surface area contributed by atoms with Crippen LogP contribution in [0.4, 0.5) is 5.95 Å². The fourth-order valence-electron chi connectivity index (χ4n) is 3.41. The predicted molar refractivity (Wildman–Crippen MR) is 130 cm³/mol. The van der Waals surface area contributed by atoms with Gasteiger partial charge < -0.3 is 25.4 Å². The van der Waals surface area contributed by atoms with E-state index in [1.165, 1.54) is 11.8 Å². The minimum atomic E-state index is -0.581. The van der Waals surface area contributed by atoms with E-state index in [1.807, 2.05) is 0 Å². The van der Waals surface area contributed by atoms with Crippen LogP contribution in [0, 0.1) is 0 Å². The van der Waals surface area contributed by atoms with E-state index in [1.54, 1.807) is 42.7 Å². The smallest absolute Gasteiger partial charge is 0.250 e. The molecule has 34 heavy (non-hydrogen) atoms. The van der Waals surface area contributed by atoms with Crippen LogP contribution in [0.1, 0.15) is 21.6 Å². The first-order chi connectivity index (χ1) is 16.4. The van der Waals surface area contributed by atoms with Gasteiger partial charge in [0.25, 0.3) is 0 Å². The van der Waals surface area contributed by atoms with Crippen LogP contribution in [0.15, 0.2) is 52.5 Å². The number of anilines is 1. The summed E-state index contributed by atoms with van der Waals surface area (Å²) in [6, 6.07) is 8.58. The number of pyridine rings is 1. The molecule has 0 bridgehead atoms. The van der Waals surface area contributed by atoms with Crippen molar-refractivity contribution in [1.29, 1.82) is 0 Å². The van der Waals surface area contributed by atoms with Crippen molar-refractivity contribution in [3.8, 4) is 5.88 Å². The first kappa shape index (κ1) is 24.2. The number of aromatic nitrogens is 3. The molecule has 1 aliphatic rings. The van der Waals surface area contributed by atoms with E-state index < -0.39 is 5.91 Å². The maximum atomic E-state index is 11.5. The molecule has 9 nitrogen and oxygen atoms in total. The molecule has 178 valence electrons. The zero-order valence-corrected chi connectivity index (χ0v) is 20.2. The molecule has 1 aliphatic heterocycles. The molecule has 4 rings (SSSR count). The first-order valence-electron chi connectivity index (χ1n) is 10.7. The molecule has 0 aliphatic carbocycles. The zero-order valence-electron chi connectivity index (χ0n) is 18.6. The molecule has 3 aromatic rings. The summed E-state index contributed by atoms with van der Waals surface area (Å²) in [5.41, 5.74) is 7.05. The molecule has 0 spiro atoms. The third kappa shape index (κ3) is 5.95. The van der Waals surface area contributed by atoms with Crippen LogP contribution in [0.25, 0.3) is 0 Å². The lowest BCUT2D eigenvalue weighted by atomic mass is 10.2. The lowest BCUT2D eigenvalue weighted by Gasteiger charge is -2.32. The number of aliphatic hydroxyl groups is 1. The Kier molecular flexibility index (Phi) is 7.84. The molecular formula is C23H25ClN6O3S. The van der Waals surface area contributed by atoms with E-state index in [0.717, 1.165) is 36.6 Å². The standard InChI is InChI=1S/C23H25ClN6O3S/c1-29-6-8-30(9-7-29)23-27-12-20(34-17-2-3-18(21(25)32)19(24)11-17)22(28-23)33-14-16-10-15(13-31)4-5-26-16/h2-5,10-12,31H,6-9,13-14H2,1H3,(H2,25,32). The molecular weight excluding hydrogens is 476 g/mol. The first-order valence-corrected chi connectivity index (χ1v) is 11.9. The van der Waals surface area contributed by atoms with Gasteiger partial charge in [0.05, 0.1) is 34.0 Å². The van der Waals surface area contributed by atoms with Crippen LogP contribution < -0.4 is 15.4 Å². The number of ether oxygens (including phenoxy) is 1. The predicted octanol–water partition coefficient (Wildman–Crippen LogP) is 2.60. The van der Waals surface area contributed by atoms with Crippen molar-refractivity contribution in [2.24, 2.45) is 5.73 Å². The number of likely N-dealkylation sites (N-methyl/N-ethyl adjacent to an activating group) is 1. The van der Waals surface area contributed by atoms with E-state index in [2.05, 4.69) is 26.8 Å². The summed E-state index contributed by atoms with van der Waals surface area (Å²) in [6.45, 7) is 3.62. The summed E-state index contributed by atoms with van der Waals surface area (Å²) in [7, 11) is 2.09. The Morgan fingerprint density at radius 2 is 2.00 bits per heavy atom. The molecule has 0 unspecified atom stereocenters. The number of hydrogen-bond acceptors (Lipinski definition) is 9. The average Bonchev–Trinajstić information content (AvgIpc) is 2.84. The van der Waals surface area contributed by atoms with Crippen molar-refractivity contribution < 1.29 is 14.6 Å². The molecule has 1 aromatic carbocycles. The molecule has 3 heterocycles. The summed E-state index contributed by atoms with van der Waals surface area (Å²) in [5, 5.41) is 9.67. The Morgan fingerprint density at radius 1 is 1.21 bits per heavy atom. The zero-order chi connectivity index (χ0) is 24.1. The number of piperazine rings is 1. The van der Waals surface area contributed by atoms with Gasteiger partial charge in [-0.3, -0.25) is 9.78 Å². The number of carbonyl (C=O) groups is 1. The molecule has 3 N–H and O–H groups in total. The van der Waals surface area contributed by atoms with Gasteiger partial charge in [0, 0.05) is 37.3 Å². The van der Waals surface area contributed by atoms with Gasteiger partial charge in [-0.25, -0.2) is 4.98 Å². The van der Waals surface area contributed by atoms with Crippen molar-refractivity contribution in [3.63, 3.8) is 0 Å².